The minimum absolute atomic E-state index is 0.143. The van der Waals surface area contributed by atoms with E-state index in [-0.39, 0.29) is 11.6 Å². The molecule has 0 aliphatic rings. The second-order valence-electron chi connectivity index (χ2n) is 3.47. The molecule has 2 rings (SSSR count). The highest BCUT2D eigenvalue weighted by Crippen LogP contribution is 2.33. The maximum absolute atomic E-state index is 12.7. The molecule has 0 fully saturated rings. The van der Waals surface area contributed by atoms with Crippen molar-refractivity contribution < 1.29 is 9.18 Å². The van der Waals surface area contributed by atoms with Gasteiger partial charge < -0.3 is 0 Å². The molecule has 0 radical (unpaired) electrons. The van der Waals surface area contributed by atoms with E-state index in [9.17, 15) is 9.18 Å². The average molecular weight is 390 g/mol. The van der Waals surface area contributed by atoms with Crippen molar-refractivity contribution in [2.24, 2.45) is 0 Å². The lowest BCUT2D eigenvalue weighted by Crippen LogP contribution is -1.93. The van der Waals surface area contributed by atoms with Gasteiger partial charge >= 0.3 is 0 Å². The summed E-state index contributed by atoms with van der Waals surface area (Å²) in [5, 5.41) is 0. The monoisotopic (exact) mass is 388 g/mol. The van der Waals surface area contributed by atoms with Gasteiger partial charge in [-0.3, -0.25) is 4.79 Å². The van der Waals surface area contributed by atoms with Gasteiger partial charge in [-0.15, -0.1) is 11.3 Å². The third kappa shape index (κ3) is 3.37. The van der Waals surface area contributed by atoms with E-state index in [1.807, 2.05) is 6.07 Å². The van der Waals surface area contributed by atoms with Crippen molar-refractivity contribution in [3.63, 3.8) is 0 Å². The quantitative estimate of drug-likeness (QED) is 0.513. The fraction of sp³-hybridized carbons (Fsp3) is 0. The molecule has 2 aromatic rings. The maximum atomic E-state index is 12.7. The molecule has 0 unspecified atom stereocenters. The Bertz CT molecular complexity index is 582. The Balaban J connectivity index is 2.14. The van der Waals surface area contributed by atoms with Crippen molar-refractivity contribution in [2.45, 2.75) is 0 Å². The van der Waals surface area contributed by atoms with Crippen LogP contribution in [0.25, 0.3) is 6.08 Å². The van der Waals surface area contributed by atoms with E-state index in [4.69, 9.17) is 0 Å². The van der Waals surface area contributed by atoms with Crippen molar-refractivity contribution in [3.8, 4) is 0 Å². The zero-order valence-corrected chi connectivity index (χ0v) is 13.0. The van der Waals surface area contributed by atoms with E-state index in [1.54, 1.807) is 6.08 Å². The van der Waals surface area contributed by atoms with Gasteiger partial charge in [0.05, 0.1) is 3.79 Å². The lowest BCUT2D eigenvalue weighted by atomic mass is 10.1. The average Bonchev–Trinajstić information content (AvgIpc) is 2.67. The van der Waals surface area contributed by atoms with Gasteiger partial charge in [-0.05, 0) is 74.3 Å². The third-order valence-corrected chi connectivity index (χ3v) is 5.41. The van der Waals surface area contributed by atoms with Crippen LogP contribution in [0.2, 0.25) is 0 Å². The zero-order valence-electron chi connectivity index (χ0n) is 8.99. The van der Waals surface area contributed by atoms with Gasteiger partial charge in [0.25, 0.3) is 0 Å². The van der Waals surface area contributed by atoms with Crippen LogP contribution < -0.4 is 0 Å². The van der Waals surface area contributed by atoms with Crippen LogP contribution in [0.15, 0.2) is 44.7 Å². The summed E-state index contributed by atoms with van der Waals surface area (Å²) in [6.07, 6.45) is 3.23. The molecule has 92 valence electrons. The first-order valence-corrected chi connectivity index (χ1v) is 7.39. The standard InChI is InChI=1S/C13H7Br2FOS/c14-11-7-10(18-13(11)15)5-6-12(17)8-1-3-9(16)4-2-8/h1-7H/b6-5+. The first-order chi connectivity index (χ1) is 8.56. The lowest BCUT2D eigenvalue weighted by molar-refractivity contribution is 0.104. The number of hydrogen-bond donors (Lipinski definition) is 0. The molecule has 18 heavy (non-hydrogen) atoms. The van der Waals surface area contributed by atoms with E-state index in [2.05, 4.69) is 31.9 Å². The molecule has 0 N–H and O–H groups in total. The highest BCUT2D eigenvalue weighted by atomic mass is 79.9. The van der Waals surface area contributed by atoms with Gasteiger partial charge in [0.2, 0.25) is 0 Å². The number of halogens is 3. The Kier molecular flexibility index (Phi) is 4.48. The molecule has 0 atom stereocenters. The van der Waals surface area contributed by atoms with Crippen LogP contribution in [0.1, 0.15) is 15.2 Å². The Morgan fingerprint density at radius 3 is 2.44 bits per heavy atom. The smallest absolute Gasteiger partial charge is 0.185 e. The summed E-state index contributed by atoms with van der Waals surface area (Å²) in [5.41, 5.74) is 0.474. The lowest BCUT2D eigenvalue weighted by Gasteiger charge is -1.94. The molecule has 5 heteroatoms. The zero-order chi connectivity index (χ0) is 13.1. The van der Waals surface area contributed by atoms with Crippen LogP contribution in [0.5, 0.6) is 0 Å². The van der Waals surface area contributed by atoms with Crippen molar-refractivity contribution in [1.82, 2.24) is 0 Å². The van der Waals surface area contributed by atoms with E-state index in [0.29, 0.717) is 5.56 Å². The number of ketones is 1. The molecule has 0 amide bonds. The number of carbonyl (C=O) groups is 1. The SMILES string of the molecule is O=C(/C=C/c1cc(Br)c(Br)s1)c1ccc(F)cc1. The predicted octanol–water partition coefficient (Wildman–Crippen LogP) is 5.31. The highest BCUT2D eigenvalue weighted by Gasteiger charge is 2.04. The summed E-state index contributed by atoms with van der Waals surface area (Å²) < 4.78 is 14.7. The summed E-state index contributed by atoms with van der Waals surface area (Å²) in [4.78, 5) is 12.8. The number of hydrogen-bond acceptors (Lipinski definition) is 2. The molecule has 0 saturated heterocycles. The van der Waals surface area contributed by atoms with Crippen molar-refractivity contribution in [3.05, 3.63) is 60.9 Å². The summed E-state index contributed by atoms with van der Waals surface area (Å²) in [6.45, 7) is 0. The fourth-order valence-corrected chi connectivity index (χ4v) is 3.31. The summed E-state index contributed by atoms with van der Waals surface area (Å²) in [7, 11) is 0. The van der Waals surface area contributed by atoms with Gasteiger partial charge in [-0.2, -0.15) is 0 Å². The van der Waals surface area contributed by atoms with Crippen LogP contribution >= 0.6 is 43.2 Å². The molecule has 1 nitrogen and oxygen atoms in total. The van der Waals surface area contributed by atoms with Gasteiger partial charge in [0.1, 0.15) is 5.82 Å². The molecular formula is C13H7Br2FOS. The number of carbonyl (C=O) groups excluding carboxylic acids is 1. The normalized spacial score (nSPS) is 11.1. The molecule has 0 bridgehead atoms. The molecule has 0 saturated carbocycles. The second kappa shape index (κ2) is 5.91. The maximum Gasteiger partial charge on any atom is 0.185 e. The Hall–Kier alpha value is -0.780. The summed E-state index contributed by atoms with van der Waals surface area (Å²) >= 11 is 8.29. The largest absolute Gasteiger partial charge is 0.289 e. The first-order valence-electron chi connectivity index (χ1n) is 4.99. The Labute approximate surface area is 125 Å². The van der Waals surface area contributed by atoms with Crippen LogP contribution in [0, 0.1) is 5.82 Å². The van der Waals surface area contributed by atoms with E-state index in [1.165, 1.54) is 41.7 Å². The third-order valence-electron chi connectivity index (χ3n) is 2.19. The molecule has 1 aromatic heterocycles. The minimum Gasteiger partial charge on any atom is -0.289 e. The number of benzene rings is 1. The van der Waals surface area contributed by atoms with Crippen LogP contribution in [0.4, 0.5) is 4.39 Å². The van der Waals surface area contributed by atoms with Gasteiger partial charge in [0.15, 0.2) is 5.78 Å². The van der Waals surface area contributed by atoms with Gasteiger partial charge in [0, 0.05) is 14.9 Å². The second-order valence-corrected chi connectivity index (χ2v) is 6.73. The van der Waals surface area contributed by atoms with E-state index >= 15 is 0 Å². The molecule has 1 aromatic carbocycles. The molecular weight excluding hydrogens is 383 g/mol. The molecule has 0 aliphatic heterocycles. The summed E-state index contributed by atoms with van der Waals surface area (Å²) in [6, 6.07) is 7.42. The van der Waals surface area contributed by atoms with Crippen molar-refractivity contribution >= 4 is 55.1 Å². The van der Waals surface area contributed by atoms with Gasteiger partial charge in [-0.25, -0.2) is 4.39 Å². The first kappa shape index (κ1) is 13.6. The van der Waals surface area contributed by atoms with E-state index in [0.717, 1.165) is 13.1 Å². The number of thiophene rings is 1. The van der Waals surface area contributed by atoms with Crippen LogP contribution in [-0.4, -0.2) is 5.78 Å². The minimum atomic E-state index is -0.346. The molecule has 0 aliphatic carbocycles. The number of allylic oxidation sites excluding steroid dienone is 1. The van der Waals surface area contributed by atoms with Crippen molar-refractivity contribution in [2.75, 3.05) is 0 Å². The fourth-order valence-electron chi connectivity index (χ4n) is 1.31. The topological polar surface area (TPSA) is 17.1 Å². The number of rotatable bonds is 3. The molecule has 0 spiro atoms. The Morgan fingerprint density at radius 1 is 1.22 bits per heavy atom. The predicted molar refractivity (Wildman–Crippen MR) is 79.5 cm³/mol. The highest BCUT2D eigenvalue weighted by molar-refractivity contribution is 9.13. The molecule has 1 heterocycles. The Morgan fingerprint density at radius 2 is 1.89 bits per heavy atom. The summed E-state index contributed by atoms with van der Waals surface area (Å²) in [5.74, 6) is -0.489. The van der Waals surface area contributed by atoms with Crippen molar-refractivity contribution in [1.29, 1.82) is 0 Å². The van der Waals surface area contributed by atoms with E-state index < -0.39 is 0 Å². The van der Waals surface area contributed by atoms with Crippen LogP contribution in [0.3, 0.4) is 0 Å². The van der Waals surface area contributed by atoms with Crippen LogP contribution in [-0.2, 0) is 0 Å². The van der Waals surface area contributed by atoms with Gasteiger partial charge in [-0.1, -0.05) is 0 Å².